The van der Waals surface area contributed by atoms with Crippen LogP contribution in [0.1, 0.15) is 11.5 Å². The molecule has 4 heteroatoms. The predicted molar refractivity (Wildman–Crippen MR) is 43.9 cm³/mol. The average molecular weight is 184 g/mol. The molecule has 1 aromatic rings. The number of hydrogen-bond acceptors (Lipinski definition) is 2. The van der Waals surface area contributed by atoms with Crippen molar-refractivity contribution in [2.75, 3.05) is 6.61 Å². The van der Waals surface area contributed by atoms with Crippen LogP contribution in [0.5, 0.6) is 0 Å². The summed E-state index contributed by atoms with van der Waals surface area (Å²) in [5.41, 5.74) is 0.0116. The Hall–Kier alpha value is -1.42. The lowest BCUT2D eigenvalue weighted by molar-refractivity contribution is -0.139. The van der Waals surface area contributed by atoms with E-state index in [1.54, 1.807) is 0 Å². The molecule has 0 spiro atoms. The van der Waals surface area contributed by atoms with E-state index in [0.717, 1.165) is 0 Å². The molecule has 2 N–H and O–H groups in total. The first-order valence-corrected chi connectivity index (χ1v) is 3.75. The lowest BCUT2D eigenvalue weighted by Gasteiger charge is -2.09. The Morgan fingerprint density at radius 2 is 2.08 bits per heavy atom. The topological polar surface area (TPSA) is 57.5 Å². The molecule has 0 bridgehead atoms. The highest BCUT2D eigenvalue weighted by molar-refractivity contribution is 5.76. The quantitative estimate of drug-likeness (QED) is 0.736. The Morgan fingerprint density at radius 1 is 1.46 bits per heavy atom. The van der Waals surface area contributed by atoms with Crippen molar-refractivity contribution in [3.8, 4) is 0 Å². The Bertz CT molecular complexity index is 311. The Morgan fingerprint density at radius 3 is 2.54 bits per heavy atom. The van der Waals surface area contributed by atoms with Crippen LogP contribution >= 0.6 is 0 Å². The zero-order valence-electron chi connectivity index (χ0n) is 6.77. The molecule has 13 heavy (non-hydrogen) atoms. The molecule has 0 aliphatic heterocycles. The number of carboxylic acids is 1. The maximum absolute atomic E-state index is 13.0. The van der Waals surface area contributed by atoms with Gasteiger partial charge in [0.15, 0.2) is 0 Å². The van der Waals surface area contributed by atoms with Crippen LogP contribution in [0.3, 0.4) is 0 Å². The predicted octanol–water partition coefficient (Wildman–Crippen LogP) is 0.986. The first-order chi connectivity index (χ1) is 6.16. The van der Waals surface area contributed by atoms with Gasteiger partial charge in [-0.15, -0.1) is 0 Å². The second kappa shape index (κ2) is 4.00. The van der Waals surface area contributed by atoms with Gasteiger partial charge in [-0.1, -0.05) is 18.2 Å². The van der Waals surface area contributed by atoms with Crippen molar-refractivity contribution in [1.82, 2.24) is 0 Å². The van der Waals surface area contributed by atoms with E-state index < -0.39 is 24.3 Å². The second-order valence-electron chi connectivity index (χ2n) is 2.59. The standard InChI is InChI=1S/C9H9FO3/c10-8-4-2-1-3-6(8)7(5-11)9(12)13/h1-4,7,11H,5H2,(H,12,13)/t7-/m0/s1. The SMILES string of the molecule is O=C(O)[C@@H](CO)c1ccccc1F. The van der Waals surface area contributed by atoms with Crippen LogP contribution in [0.2, 0.25) is 0 Å². The zero-order chi connectivity index (χ0) is 9.84. The highest BCUT2D eigenvalue weighted by Crippen LogP contribution is 2.18. The van der Waals surface area contributed by atoms with Gasteiger partial charge in [0.25, 0.3) is 0 Å². The van der Waals surface area contributed by atoms with Gasteiger partial charge in [0.2, 0.25) is 0 Å². The van der Waals surface area contributed by atoms with Crippen LogP contribution in [-0.4, -0.2) is 22.8 Å². The molecule has 3 nitrogen and oxygen atoms in total. The Balaban J connectivity index is 3.04. The minimum absolute atomic E-state index is 0.0116. The van der Waals surface area contributed by atoms with Gasteiger partial charge in [-0.2, -0.15) is 0 Å². The van der Waals surface area contributed by atoms with Gasteiger partial charge in [0.1, 0.15) is 11.7 Å². The van der Waals surface area contributed by atoms with E-state index in [2.05, 4.69) is 0 Å². The van der Waals surface area contributed by atoms with E-state index in [4.69, 9.17) is 10.2 Å². The summed E-state index contributed by atoms with van der Waals surface area (Å²) in [4.78, 5) is 10.6. The fourth-order valence-electron chi connectivity index (χ4n) is 1.07. The number of aliphatic carboxylic acids is 1. The fourth-order valence-corrected chi connectivity index (χ4v) is 1.07. The monoisotopic (exact) mass is 184 g/mol. The summed E-state index contributed by atoms with van der Waals surface area (Å²) in [5.74, 6) is -3.02. The van der Waals surface area contributed by atoms with Gasteiger partial charge in [-0.25, -0.2) is 4.39 Å². The van der Waals surface area contributed by atoms with Gasteiger partial charge in [0, 0.05) is 5.56 Å². The number of benzene rings is 1. The number of aliphatic hydroxyl groups is 1. The van der Waals surface area contributed by atoms with Crippen molar-refractivity contribution in [1.29, 1.82) is 0 Å². The van der Waals surface area contributed by atoms with Gasteiger partial charge in [-0.3, -0.25) is 4.79 Å². The number of rotatable bonds is 3. The van der Waals surface area contributed by atoms with Crippen molar-refractivity contribution < 1.29 is 19.4 Å². The molecule has 0 unspecified atom stereocenters. The molecule has 0 saturated heterocycles. The highest BCUT2D eigenvalue weighted by atomic mass is 19.1. The molecule has 0 fully saturated rings. The van der Waals surface area contributed by atoms with Gasteiger partial charge < -0.3 is 10.2 Å². The molecule has 0 heterocycles. The van der Waals surface area contributed by atoms with Crippen LogP contribution in [0.25, 0.3) is 0 Å². The number of carboxylic acid groups (broad SMARTS) is 1. The molecule has 1 rings (SSSR count). The second-order valence-corrected chi connectivity index (χ2v) is 2.59. The third-order valence-electron chi connectivity index (χ3n) is 1.76. The molecule has 1 aromatic carbocycles. The molecule has 0 aliphatic rings. The van der Waals surface area contributed by atoms with Crippen LogP contribution in [0.4, 0.5) is 4.39 Å². The van der Waals surface area contributed by atoms with E-state index in [-0.39, 0.29) is 5.56 Å². The van der Waals surface area contributed by atoms with Crippen molar-refractivity contribution in [2.24, 2.45) is 0 Å². The summed E-state index contributed by atoms with van der Waals surface area (Å²) in [6.45, 7) is -0.601. The van der Waals surface area contributed by atoms with E-state index >= 15 is 0 Å². The van der Waals surface area contributed by atoms with Gasteiger partial charge in [-0.05, 0) is 6.07 Å². The number of halogens is 1. The molecule has 0 saturated carbocycles. The summed E-state index contributed by atoms with van der Waals surface area (Å²) < 4.78 is 13.0. The van der Waals surface area contributed by atoms with E-state index in [0.29, 0.717) is 0 Å². The third kappa shape index (κ3) is 2.03. The average Bonchev–Trinajstić information content (AvgIpc) is 2.09. The lowest BCUT2D eigenvalue weighted by atomic mass is 10.00. The van der Waals surface area contributed by atoms with Crippen LogP contribution in [0.15, 0.2) is 24.3 Å². The van der Waals surface area contributed by atoms with Crippen LogP contribution in [-0.2, 0) is 4.79 Å². The van der Waals surface area contributed by atoms with Crippen LogP contribution < -0.4 is 0 Å². The molecule has 70 valence electrons. The molecular weight excluding hydrogens is 175 g/mol. The first-order valence-electron chi connectivity index (χ1n) is 3.75. The van der Waals surface area contributed by atoms with Crippen molar-refractivity contribution in [3.63, 3.8) is 0 Å². The zero-order valence-corrected chi connectivity index (χ0v) is 6.77. The number of aliphatic hydroxyl groups excluding tert-OH is 1. The highest BCUT2D eigenvalue weighted by Gasteiger charge is 2.21. The summed E-state index contributed by atoms with van der Waals surface area (Å²) in [6.07, 6.45) is 0. The van der Waals surface area contributed by atoms with Gasteiger partial charge >= 0.3 is 5.97 Å². The van der Waals surface area contributed by atoms with Crippen molar-refractivity contribution in [3.05, 3.63) is 35.6 Å². The third-order valence-corrected chi connectivity index (χ3v) is 1.76. The molecular formula is C9H9FO3. The molecule has 0 radical (unpaired) electrons. The van der Waals surface area contributed by atoms with E-state index in [1.807, 2.05) is 0 Å². The van der Waals surface area contributed by atoms with Crippen molar-refractivity contribution >= 4 is 5.97 Å². The summed E-state index contributed by atoms with van der Waals surface area (Å²) in [5, 5.41) is 17.4. The van der Waals surface area contributed by atoms with Crippen molar-refractivity contribution in [2.45, 2.75) is 5.92 Å². The maximum atomic E-state index is 13.0. The fraction of sp³-hybridized carbons (Fsp3) is 0.222. The van der Waals surface area contributed by atoms with E-state index in [9.17, 15) is 9.18 Å². The van der Waals surface area contributed by atoms with Gasteiger partial charge in [0.05, 0.1) is 6.61 Å². The summed E-state index contributed by atoms with van der Waals surface area (Å²) >= 11 is 0. The summed E-state index contributed by atoms with van der Waals surface area (Å²) in [7, 11) is 0. The lowest BCUT2D eigenvalue weighted by Crippen LogP contribution is -2.16. The maximum Gasteiger partial charge on any atom is 0.313 e. The minimum Gasteiger partial charge on any atom is -0.481 e. The normalized spacial score (nSPS) is 12.5. The molecule has 1 atom stereocenters. The largest absolute Gasteiger partial charge is 0.481 e. The first kappa shape index (κ1) is 9.67. The smallest absolute Gasteiger partial charge is 0.313 e. The Kier molecular flexibility index (Phi) is 2.97. The summed E-state index contributed by atoms with van der Waals surface area (Å²) in [6, 6.07) is 5.52. The van der Waals surface area contributed by atoms with E-state index in [1.165, 1.54) is 24.3 Å². The number of hydrogen-bond donors (Lipinski definition) is 2. The molecule has 0 aromatic heterocycles. The van der Waals surface area contributed by atoms with Crippen LogP contribution in [0, 0.1) is 5.82 Å². The molecule has 0 amide bonds. The molecule has 0 aliphatic carbocycles. The number of carbonyl (C=O) groups is 1. The Labute approximate surface area is 74.4 Å². The minimum atomic E-state index is -1.23.